The first-order chi connectivity index (χ1) is 14.7. The first kappa shape index (κ1) is 22.7. The number of nitrogens with two attached hydrogens (primary N) is 1. The monoisotopic (exact) mass is 457 g/mol. The number of nitrogens with zero attached hydrogens (tertiary/aromatic N) is 5. The number of aliphatic hydroxyl groups excluding tert-OH is 2. The SMILES string of the molecule is COP(=O)(OCC(O)n1cc(C)c(=O)[nH]c1=O)OC(CO)n1cnc2c(N)ncnc21. The number of rotatable bonds is 9. The molecule has 0 saturated carbocycles. The standard InChI is InChI=1S/C15H20N7O8P/c1-8-3-21(15(26)20-14(8)25)9(24)5-29-31(27,28-2)30-10(4-23)22-7-19-11-12(16)17-6-18-13(11)22/h3,6-7,9-10,23-24H,4-5H2,1-2H3,(H2,16,17,18)(H,20,25,26). The van der Waals surface area contributed by atoms with Crippen molar-refractivity contribution in [3.63, 3.8) is 0 Å². The highest BCUT2D eigenvalue weighted by Gasteiger charge is 2.32. The smallest absolute Gasteiger partial charge is 0.392 e. The number of phosphoric acid groups is 1. The molecule has 15 nitrogen and oxygen atoms in total. The summed E-state index contributed by atoms with van der Waals surface area (Å²) in [6.45, 7) is 0.0603. The van der Waals surface area contributed by atoms with Crippen molar-refractivity contribution >= 4 is 24.8 Å². The summed E-state index contributed by atoms with van der Waals surface area (Å²) in [5, 5.41) is 19.9. The normalized spacial score (nSPS) is 15.6. The number of nitrogens with one attached hydrogen (secondary N) is 1. The van der Waals surface area contributed by atoms with E-state index in [1.807, 2.05) is 4.98 Å². The number of aromatic nitrogens is 6. The topological polar surface area (TPSA) is 210 Å². The second kappa shape index (κ2) is 9.05. The van der Waals surface area contributed by atoms with Gasteiger partial charge in [-0.25, -0.2) is 24.3 Å². The van der Waals surface area contributed by atoms with Gasteiger partial charge in [-0.15, -0.1) is 0 Å². The van der Waals surface area contributed by atoms with Gasteiger partial charge in [0.2, 0.25) is 0 Å². The van der Waals surface area contributed by atoms with Crippen molar-refractivity contribution in [2.45, 2.75) is 19.4 Å². The number of aromatic amines is 1. The van der Waals surface area contributed by atoms with Crippen LogP contribution in [-0.2, 0) is 18.1 Å². The third-order valence-electron chi connectivity index (χ3n) is 4.18. The predicted octanol–water partition coefficient (Wildman–Crippen LogP) is -0.963. The van der Waals surface area contributed by atoms with Crippen molar-refractivity contribution in [2.24, 2.45) is 0 Å². The number of H-pyrrole nitrogens is 1. The minimum atomic E-state index is -4.35. The molecule has 16 heteroatoms. The summed E-state index contributed by atoms with van der Waals surface area (Å²) >= 11 is 0. The first-order valence-electron chi connectivity index (χ1n) is 8.71. The molecule has 0 saturated heterocycles. The van der Waals surface area contributed by atoms with Crippen molar-refractivity contribution in [3.8, 4) is 0 Å². The minimum absolute atomic E-state index is 0.0939. The van der Waals surface area contributed by atoms with Crippen molar-refractivity contribution in [1.82, 2.24) is 29.1 Å². The molecule has 168 valence electrons. The first-order valence-corrected chi connectivity index (χ1v) is 10.2. The summed E-state index contributed by atoms with van der Waals surface area (Å²) in [5.41, 5.74) is 4.82. The Hall–Kier alpha value is -2.94. The quantitative estimate of drug-likeness (QED) is 0.286. The predicted molar refractivity (Wildman–Crippen MR) is 105 cm³/mol. The molecule has 0 aliphatic rings. The van der Waals surface area contributed by atoms with E-state index in [0.717, 1.165) is 17.9 Å². The maximum absolute atomic E-state index is 12.9. The number of phosphoric ester groups is 1. The zero-order valence-electron chi connectivity index (χ0n) is 16.4. The molecule has 3 rings (SSSR count). The molecule has 0 radical (unpaired) electrons. The van der Waals surface area contributed by atoms with E-state index in [4.69, 9.17) is 19.3 Å². The number of hydrogen-bond acceptors (Lipinski definition) is 12. The molecule has 3 aromatic heterocycles. The molecule has 0 aliphatic carbocycles. The Bertz CT molecular complexity index is 1240. The second-order valence-electron chi connectivity index (χ2n) is 6.21. The van der Waals surface area contributed by atoms with Gasteiger partial charge in [0.05, 0.1) is 12.9 Å². The Labute approximate surface area is 173 Å². The molecule has 3 heterocycles. The van der Waals surface area contributed by atoms with E-state index in [1.165, 1.54) is 24.1 Å². The maximum Gasteiger partial charge on any atom is 0.476 e. The summed E-state index contributed by atoms with van der Waals surface area (Å²) in [6, 6.07) is 0. The van der Waals surface area contributed by atoms with Crippen molar-refractivity contribution in [2.75, 3.05) is 26.1 Å². The lowest BCUT2D eigenvalue weighted by molar-refractivity contribution is -0.00917. The van der Waals surface area contributed by atoms with Gasteiger partial charge in [0.15, 0.2) is 23.9 Å². The summed E-state index contributed by atoms with van der Waals surface area (Å²) < 4.78 is 30.1. The number of hydrogen-bond donors (Lipinski definition) is 4. The zero-order chi connectivity index (χ0) is 22.8. The average molecular weight is 457 g/mol. The van der Waals surface area contributed by atoms with E-state index in [-0.39, 0.29) is 22.5 Å². The lowest BCUT2D eigenvalue weighted by Gasteiger charge is -2.23. The Morgan fingerprint density at radius 1 is 1.29 bits per heavy atom. The van der Waals surface area contributed by atoms with Crippen molar-refractivity contribution in [1.29, 1.82) is 0 Å². The summed E-state index contributed by atoms with van der Waals surface area (Å²) in [7, 11) is -3.31. The minimum Gasteiger partial charge on any atom is -0.392 e. The van der Waals surface area contributed by atoms with Crippen LogP contribution in [0.3, 0.4) is 0 Å². The molecule has 0 aromatic carbocycles. The van der Waals surface area contributed by atoms with Crippen LogP contribution in [0.4, 0.5) is 5.82 Å². The van der Waals surface area contributed by atoms with Crippen molar-refractivity contribution < 1.29 is 28.3 Å². The van der Waals surface area contributed by atoms with Gasteiger partial charge in [0.1, 0.15) is 18.5 Å². The Morgan fingerprint density at radius 2 is 2.03 bits per heavy atom. The van der Waals surface area contributed by atoms with Crippen LogP contribution in [0, 0.1) is 6.92 Å². The maximum atomic E-state index is 12.9. The van der Waals surface area contributed by atoms with Gasteiger partial charge in [-0.05, 0) is 6.92 Å². The van der Waals surface area contributed by atoms with Crippen molar-refractivity contribution in [3.05, 3.63) is 45.3 Å². The van der Waals surface area contributed by atoms with Gasteiger partial charge in [-0.3, -0.25) is 32.5 Å². The molecule has 0 spiro atoms. The van der Waals surface area contributed by atoms with Crippen LogP contribution >= 0.6 is 7.82 Å². The Morgan fingerprint density at radius 3 is 2.71 bits per heavy atom. The number of aryl methyl sites for hydroxylation is 1. The molecule has 3 unspecified atom stereocenters. The third-order valence-corrected chi connectivity index (χ3v) is 5.59. The fraction of sp³-hybridized carbons (Fsp3) is 0.400. The fourth-order valence-electron chi connectivity index (χ4n) is 2.57. The third kappa shape index (κ3) is 4.71. The molecule has 0 bridgehead atoms. The Kier molecular flexibility index (Phi) is 6.64. The van der Waals surface area contributed by atoms with Crippen LogP contribution in [0.5, 0.6) is 0 Å². The molecule has 0 amide bonds. The van der Waals surface area contributed by atoms with E-state index in [9.17, 15) is 24.4 Å². The number of nitrogen functional groups attached to an aromatic ring is 1. The molecule has 3 atom stereocenters. The number of anilines is 1. The van der Waals surface area contributed by atoms with Gasteiger partial charge < -0.3 is 15.9 Å². The molecule has 5 N–H and O–H groups in total. The summed E-state index contributed by atoms with van der Waals surface area (Å²) in [5.74, 6) is 0.0939. The van der Waals surface area contributed by atoms with E-state index in [1.54, 1.807) is 0 Å². The Balaban J connectivity index is 1.78. The highest BCUT2D eigenvalue weighted by molar-refractivity contribution is 7.48. The second-order valence-corrected chi connectivity index (χ2v) is 7.94. The number of aliphatic hydroxyl groups is 2. The molecular weight excluding hydrogens is 437 g/mol. The van der Waals surface area contributed by atoms with Crippen LogP contribution in [-0.4, -0.2) is 59.6 Å². The van der Waals surface area contributed by atoms with Gasteiger partial charge in [0, 0.05) is 18.9 Å². The highest BCUT2D eigenvalue weighted by Crippen LogP contribution is 2.52. The van der Waals surface area contributed by atoms with Gasteiger partial charge in [-0.2, -0.15) is 0 Å². The largest absolute Gasteiger partial charge is 0.476 e. The number of imidazole rings is 1. The van der Waals surface area contributed by atoms with Crippen LogP contribution in [0.15, 0.2) is 28.4 Å². The molecule has 31 heavy (non-hydrogen) atoms. The van der Waals surface area contributed by atoms with Crippen LogP contribution in [0.25, 0.3) is 11.2 Å². The lowest BCUT2D eigenvalue weighted by atomic mass is 10.4. The fourth-order valence-corrected chi connectivity index (χ4v) is 3.61. The van der Waals surface area contributed by atoms with Crippen LogP contribution in [0.2, 0.25) is 0 Å². The van der Waals surface area contributed by atoms with E-state index < -0.39 is 44.7 Å². The van der Waals surface area contributed by atoms with Crippen LogP contribution in [0.1, 0.15) is 18.0 Å². The lowest BCUT2D eigenvalue weighted by Crippen LogP contribution is -2.34. The zero-order valence-corrected chi connectivity index (χ0v) is 17.3. The molecule has 0 aliphatic heterocycles. The van der Waals surface area contributed by atoms with E-state index in [0.29, 0.717) is 0 Å². The summed E-state index contributed by atoms with van der Waals surface area (Å²) in [6.07, 6.45) is 0.612. The van der Waals surface area contributed by atoms with Crippen LogP contribution < -0.4 is 17.0 Å². The molecule has 0 fully saturated rings. The van der Waals surface area contributed by atoms with Gasteiger partial charge >= 0.3 is 13.5 Å². The van der Waals surface area contributed by atoms with E-state index in [2.05, 4.69) is 15.0 Å². The highest BCUT2D eigenvalue weighted by atomic mass is 31.2. The average Bonchev–Trinajstić information content (AvgIpc) is 3.18. The summed E-state index contributed by atoms with van der Waals surface area (Å²) in [4.78, 5) is 37.1. The molecule has 3 aromatic rings. The van der Waals surface area contributed by atoms with E-state index >= 15 is 0 Å². The number of fused-ring (bicyclic) bond motifs is 1. The molecular formula is C15H20N7O8P. The van der Waals surface area contributed by atoms with Gasteiger partial charge in [-0.1, -0.05) is 0 Å². The van der Waals surface area contributed by atoms with Gasteiger partial charge in [0.25, 0.3) is 5.56 Å².